The van der Waals surface area contributed by atoms with Crippen LogP contribution in [0.25, 0.3) is 10.6 Å². The third kappa shape index (κ3) is 5.89. The smallest absolute Gasteiger partial charge is 0.410 e. The summed E-state index contributed by atoms with van der Waals surface area (Å²) >= 11 is 7.37. The van der Waals surface area contributed by atoms with E-state index in [9.17, 15) is 9.59 Å². The lowest BCUT2D eigenvalue weighted by atomic mass is 10.2. The summed E-state index contributed by atoms with van der Waals surface area (Å²) in [6.45, 7) is 8.23. The second kappa shape index (κ2) is 9.49. The highest BCUT2D eigenvalue weighted by molar-refractivity contribution is 7.19. The highest BCUT2D eigenvalue weighted by atomic mass is 35.5. The molecule has 1 aromatic carbocycles. The molecule has 174 valence electrons. The zero-order valence-corrected chi connectivity index (χ0v) is 20.3. The first-order valence-electron chi connectivity index (χ1n) is 10.7. The Morgan fingerprint density at radius 3 is 2.30 bits per heavy atom. The summed E-state index contributed by atoms with van der Waals surface area (Å²) in [6.07, 6.45) is -0.275. The summed E-state index contributed by atoms with van der Waals surface area (Å²) in [6, 6.07) is 14.7. The molecule has 0 radical (unpaired) electrons. The van der Waals surface area contributed by atoms with Gasteiger partial charge in [0.2, 0.25) is 0 Å². The zero-order chi connectivity index (χ0) is 23.6. The molecule has 0 bridgehead atoms. The van der Waals surface area contributed by atoms with Crippen molar-refractivity contribution in [1.82, 2.24) is 4.90 Å². The van der Waals surface area contributed by atoms with Gasteiger partial charge in [0.15, 0.2) is 5.76 Å². The Bertz CT molecular complexity index is 1130. The molecule has 1 aliphatic heterocycles. The van der Waals surface area contributed by atoms with Gasteiger partial charge in [-0.1, -0.05) is 11.6 Å². The minimum Gasteiger partial charge on any atom is -0.450 e. The van der Waals surface area contributed by atoms with E-state index in [1.165, 1.54) is 11.3 Å². The van der Waals surface area contributed by atoms with Crippen LogP contribution in [0.3, 0.4) is 0 Å². The van der Waals surface area contributed by atoms with Crippen LogP contribution in [0, 0.1) is 0 Å². The fraction of sp³-hybridized carbons (Fsp3) is 0.333. The standard InChI is InChI=1S/C24H26ClN3O4S/c1-24(2,3)32-23(30)28-14-12-27(13-15-28)17-6-4-16(5-7-17)26-22(29)19-9-8-18(31-19)20-10-11-21(25)33-20/h4-11H,12-15H2,1-3H3,(H,26,29). The van der Waals surface area contributed by atoms with E-state index in [-0.39, 0.29) is 17.8 Å². The van der Waals surface area contributed by atoms with Crippen molar-refractivity contribution >= 4 is 46.3 Å². The molecule has 1 fully saturated rings. The topological polar surface area (TPSA) is 75.0 Å². The van der Waals surface area contributed by atoms with Crippen LogP contribution < -0.4 is 10.2 Å². The van der Waals surface area contributed by atoms with Crippen LogP contribution in [0.5, 0.6) is 0 Å². The predicted octanol–water partition coefficient (Wildman–Crippen LogP) is 5.97. The van der Waals surface area contributed by atoms with Crippen molar-refractivity contribution in [3.8, 4) is 10.6 Å². The molecule has 2 amide bonds. The van der Waals surface area contributed by atoms with E-state index in [1.807, 2.05) is 51.1 Å². The summed E-state index contributed by atoms with van der Waals surface area (Å²) < 4.78 is 11.8. The number of hydrogen-bond acceptors (Lipinski definition) is 6. The molecule has 0 aliphatic carbocycles. The van der Waals surface area contributed by atoms with E-state index in [4.69, 9.17) is 20.8 Å². The van der Waals surface area contributed by atoms with E-state index in [1.54, 1.807) is 23.1 Å². The van der Waals surface area contributed by atoms with Crippen LogP contribution in [-0.4, -0.2) is 48.7 Å². The number of amides is 2. The van der Waals surface area contributed by atoms with E-state index in [0.717, 1.165) is 10.6 Å². The molecule has 3 aromatic rings. The Kier molecular flexibility index (Phi) is 6.67. The molecule has 1 saturated heterocycles. The average molecular weight is 488 g/mol. The van der Waals surface area contributed by atoms with E-state index >= 15 is 0 Å². The number of thiophene rings is 1. The van der Waals surface area contributed by atoms with Crippen LogP contribution in [0.1, 0.15) is 31.3 Å². The second-order valence-electron chi connectivity index (χ2n) is 8.72. The van der Waals surface area contributed by atoms with Crippen LogP contribution in [-0.2, 0) is 4.74 Å². The maximum atomic E-state index is 12.6. The molecule has 1 N–H and O–H groups in total. The normalized spacial score (nSPS) is 14.3. The van der Waals surface area contributed by atoms with Crippen molar-refractivity contribution in [2.45, 2.75) is 26.4 Å². The zero-order valence-electron chi connectivity index (χ0n) is 18.8. The number of nitrogens with one attached hydrogen (secondary N) is 1. The third-order valence-electron chi connectivity index (χ3n) is 5.07. The average Bonchev–Trinajstić information content (AvgIpc) is 3.42. The monoisotopic (exact) mass is 487 g/mol. The van der Waals surface area contributed by atoms with Gasteiger partial charge in [-0.2, -0.15) is 0 Å². The highest BCUT2D eigenvalue weighted by Gasteiger charge is 2.26. The van der Waals surface area contributed by atoms with Crippen molar-refractivity contribution in [3.63, 3.8) is 0 Å². The van der Waals surface area contributed by atoms with Crippen molar-refractivity contribution in [2.24, 2.45) is 0 Å². The van der Waals surface area contributed by atoms with Gasteiger partial charge >= 0.3 is 6.09 Å². The Hall–Kier alpha value is -2.97. The van der Waals surface area contributed by atoms with Gasteiger partial charge in [0.1, 0.15) is 11.4 Å². The minimum atomic E-state index is -0.497. The number of carbonyl (C=O) groups is 2. The minimum absolute atomic E-state index is 0.233. The number of rotatable bonds is 4. The molecule has 4 rings (SSSR count). The van der Waals surface area contributed by atoms with E-state index in [2.05, 4.69) is 10.2 Å². The summed E-state index contributed by atoms with van der Waals surface area (Å²) in [7, 11) is 0. The second-order valence-corrected chi connectivity index (χ2v) is 10.4. The molecule has 9 heteroatoms. The molecular weight excluding hydrogens is 462 g/mol. The van der Waals surface area contributed by atoms with Gasteiger partial charge in [0.25, 0.3) is 5.91 Å². The molecule has 0 atom stereocenters. The lowest BCUT2D eigenvalue weighted by Gasteiger charge is -2.36. The lowest BCUT2D eigenvalue weighted by molar-refractivity contribution is 0.0240. The Morgan fingerprint density at radius 2 is 1.70 bits per heavy atom. The SMILES string of the molecule is CC(C)(C)OC(=O)N1CCN(c2ccc(NC(=O)c3ccc(-c4ccc(Cl)s4)o3)cc2)CC1. The molecule has 0 saturated carbocycles. The molecular formula is C24H26ClN3O4S. The number of halogens is 1. The van der Waals surface area contributed by atoms with Crippen molar-refractivity contribution < 1.29 is 18.7 Å². The number of anilines is 2. The van der Waals surface area contributed by atoms with Gasteiger partial charge in [-0.25, -0.2) is 4.79 Å². The number of furan rings is 1. The Labute approximate surface area is 201 Å². The molecule has 0 spiro atoms. The molecule has 0 unspecified atom stereocenters. The van der Waals surface area contributed by atoms with Gasteiger partial charge in [-0.05, 0) is 69.3 Å². The number of benzene rings is 1. The first-order valence-corrected chi connectivity index (χ1v) is 11.9. The van der Waals surface area contributed by atoms with Crippen molar-refractivity contribution in [2.75, 3.05) is 36.4 Å². The Balaban J connectivity index is 1.31. The van der Waals surface area contributed by atoms with Crippen molar-refractivity contribution in [3.05, 3.63) is 58.6 Å². The number of nitrogens with zero attached hydrogens (tertiary/aromatic N) is 2. The first kappa shape index (κ1) is 23.2. The van der Waals surface area contributed by atoms with Crippen molar-refractivity contribution in [1.29, 1.82) is 0 Å². The van der Waals surface area contributed by atoms with Crippen LogP contribution in [0.15, 0.2) is 52.9 Å². The summed E-state index contributed by atoms with van der Waals surface area (Å²) in [5, 5.41) is 2.86. The summed E-state index contributed by atoms with van der Waals surface area (Å²) in [5.41, 5.74) is 1.21. The molecule has 3 heterocycles. The maximum Gasteiger partial charge on any atom is 0.410 e. The first-order chi connectivity index (χ1) is 15.7. The highest BCUT2D eigenvalue weighted by Crippen LogP contribution is 2.32. The van der Waals surface area contributed by atoms with Gasteiger partial charge < -0.3 is 24.3 Å². The quantitative estimate of drug-likeness (QED) is 0.490. The number of hydrogen-bond donors (Lipinski definition) is 1. The fourth-order valence-corrected chi connectivity index (χ4v) is 4.47. The van der Waals surface area contributed by atoms with Crippen LogP contribution >= 0.6 is 22.9 Å². The molecule has 33 heavy (non-hydrogen) atoms. The fourth-order valence-electron chi connectivity index (χ4n) is 3.46. The van der Waals surface area contributed by atoms with Crippen LogP contribution in [0.4, 0.5) is 16.2 Å². The van der Waals surface area contributed by atoms with E-state index in [0.29, 0.717) is 42.0 Å². The maximum absolute atomic E-state index is 12.6. The number of carbonyl (C=O) groups excluding carboxylic acids is 2. The lowest BCUT2D eigenvalue weighted by Crippen LogP contribution is -2.50. The largest absolute Gasteiger partial charge is 0.450 e. The van der Waals surface area contributed by atoms with Gasteiger partial charge in [0.05, 0.1) is 9.21 Å². The Morgan fingerprint density at radius 1 is 1.00 bits per heavy atom. The third-order valence-corrected chi connectivity index (χ3v) is 6.31. The summed E-state index contributed by atoms with van der Waals surface area (Å²) in [4.78, 5) is 29.6. The molecule has 1 aliphatic rings. The molecule has 2 aromatic heterocycles. The van der Waals surface area contributed by atoms with E-state index < -0.39 is 5.60 Å². The number of piperazine rings is 1. The van der Waals surface area contributed by atoms with Crippen LogP contribution in [0.2, 0.25) is 4.34 Å². The van der Waals surface area contributed by atoms with Gasteiger partial charge in [-0.3, -0.25) is 4.79 Å². The molecule has 7 nitrogen and oxygen atoms in total. The predicted molar refractivity (Wildman–Crippen MR) is 131 cm³/mol. The van der Waals surface area contributed by atoms with Gasteiger partial charge in [-0.15, -0.1) is 11.3 Å². The van der Waals surface area contributed by atoms with Gasteiger partial charge in [0, 0.05) is 37.6 Å². The summed E-state index contributed by atoms with van der Waals surface area (Å²) in [5.74, 6) is 0.525. The number of ether oxygens (including phenoxy) is 1.